The summed E-state index contributed by atoms with van der Waals surface area (Å²) in [5.41, 5.74) is 2.02. The van der Waals surface area contributed by atoms with Gasteiger partial charge >= 0.3 is 5.97 Å². The predicted molar refractivity (Wildman–Crippen MR) is 102 cm³/mol. The van der Waals surface area contributed by atoms with Crippen LogP contribution < -0.4 is 4.90 Å². The van der Waals surface area contributed by atoms with Crippen molar-refractivity contribution in [1.82, 2.24) is 9.97 Å². The summed E-state index contributed by atoms with van der Waals surface area (Å²) < 4.78 is 14.9. The van der Waals surface area contributed by atoms with Crippen molar-refractivity contribution in [2.45, 2.75) is 26.7 Å². The molecule has 0 saturated heterocycles. The maximum atomic E-state index is 14.1. The average Bonchev–Trinajstić information content (AvgIpc) is 3.03. The van der Waals surface area contributed by atoms with E-state index in [2.05, 4.69) is 23.7 Å². The number of hydrogen-bond acceptors (Lipinski definition) is 5. The molecule has 0 unspecified atom stereocenters. The summed E-state index contributed by atoms with van der Waals surface area (Å²) in [5, 5.41) is 9.97. The lowest BCUT2D eigenvalue weighted by molar-refractivity contribution is 0.0690. The fourth-order valence-electron chi connectivity index (χ4n) is 2.87. The number of aromatic carboxylic acids is 1. The first-order chi connectivity index (χ1) is 12.5. The summed E-state index contributed by atoms with van der Waals surface area (Å²) in [6, 6.07) is 7.79. The lowest BCUT2D eigenvalue weighted by atomic mass is 10.1. The molecule has 0 radical (unpaired) electrons. The van der Waals surface area contributed by atoms with E-state index in [0.29, 0.717) is 17.7 Å². The summed E-state index contributed by atoms with van der Waals surface area (Å²) in [4.78, 5) is 22.1. The minimum absolute atomic E-state index is 0.0192. The topological polar surface area (TPSA) is 66.3 Å². The van der Waals surface area contributed by atoms with Crippen LogP contribution in [0, 0.1) is 5.82 Å². The minimum atomic E-state index is -1.08. The lowest BCUT2D eigenvalue weighted by Gasteiger charge is -2.18. The zero-order valence-corrected chi connectivity index (χ0v) is 15.5. The van der Waals surface area contributed by atoms with Gasteiger partial charge in [0, 0.05) is 25.2 Å². The highest BCUT2D eigenvalue weighted by molar-refractivity contribution is 7.22. The van der Waals surface area contributed by atoms with Crippen molar-refractivity contribution >= 4 is 32.7 Å². The van der Waals surface area contributed by atoms with Crippen LogP contribution in [0.5, 0.6) is 0 Å². The number of nitrogens with zero attached hydrogens (tertiary/aromatic N) is 3. The van der Waals surface area contributed by atoms with Crippen LogP contribution in [0.15, 0.2) is 30.3 Å². The third-order valence-corrected chi connectivity index (χ3v) is 5.13. The molecule has 2 heterocycles. The van der Waals surface area contributed by atoms with Gasteiger partial charge in [0.2, 0.25) is 0 Å². The molecule has 0 aliphatic carbocycles. The van der Waals surface area contributed by atoms with Crippen molar-refractivity contribution in [2.75, 3.05) is 18.0 Å². The number of benzene rings is 1. The summed E-state index contributed by atoms with van der Waals surface area (Å²) >= 11 is 1.48. The Balaban J connectivity index is 2.01. The average molecular weight is 373 g/mol. The molecule has 26 heavy (non-hydrogen) atoms. The number of halogens is 1. The zero-order chi connectivity index (χ0) is 18.7. The molecule has 5 nitrogen and oxygen atoms in total. The fraction of sp³-hybridized carbons (Fsp3) is 0.316. The van der Waals surface area contributed by atoms with Crippen molar-refractivity contribution in [3.05, 3.63) is 53.1 Å². The van der Waals surface area contributed by atoms with Gasteiger partial charge in [-0.05, 0) is 43.2 Å². The molecule has 3 aromatic rings. The second kappa shape index (κ2) is 7.78. The molecular weight excluding hydrogens is 353 g/mol. The van der Waals surface area contributed by atoms with Crippen molar-refractivity contribution in [1.29, 1.82) is 0 Å². The highest BCUT2D eigenvalue weighted by Crippen LogP contribution is 2.32. The van der Waals surface area contributed by atoms with Crippen molar-refractivity contribution in [2.24, 2.45) is 0 Å². The van der Waals surface area contributed by atoms with Crippen molar-refractivity contribution in [3.8, 4) is 0 Å². The van der Waals surface area contributed by atoms with Gasteiger partial charge in [-0.1, -0.05) is 24.3 Å². The Hall–Kier alpha value is -2.54. The van der Waals surface area contributed by atoms with Crippen molar-refractivity contribution in [3.63, 3.8) is 0 Å². The number of pyridine rings is 1. The van der Waals surface area contributed by atoms with E-state index in [1.54, 1.807) is 12.1 Å². The van der Waals surface area contributed by atoms with Gasteiger partial charge < -0.3 is 10.0 Å². The molecule has 7 heteroatoms. The summed E-state index contributed by atoms with van der Waals surface area (Å²) in [6.45, 7) is 5.93. The first kappa shape index (κ1) is 18.3. The molecule has 0 aliphatic rings. The molecular formula is C19H20FN3O2S. The van der Waals surface area contributed by atoms with Crippen LogP contribution in [-0.2, 0) is 6.42 Å². The number of thiazole rings is 1. The zero-order valence-electron chi connectivity index (χ0n) is 14.7. The molecule has 0 spiro atoms. The van der Waals surface area contributed by atoms with E-state index in [4.69, 9.17) is 10.1 Å². The Morgan fingerprint density at radius 3 is 2.77 bits per heavy atom. The Morgan fingerprint density at radius 2 is 2.08 bits per heavy atom. The van der Waals surface area contributed by atoms with Gasteiger partial charge in [-0.2, -0.15) is 0 Å². The van der Waals surface area contributed by atoms with E-state index in [1.165, 1.54) is 29.5 Å². The SMILES string of the molecule is CCCN(CC)c1nc2c(Cc3cccc(C(=O)O)n3)cc(F)cc2s1. The highest BCUT2D eigenvalue weighted by atomic mass is 32.1. The molecule has 1 aromatic carbocycles. The summed E-state index contributed by atoms with van der Waals surface area (Å²) in [5.74, 6) is -1.40. The largest absolute Gasteiger partial charge is 0.477 e. The normalized spacial score (nSPS) is 11.0. The van der Waals surface area contributed by atoms with E-state index < -0.39 is 5.97 Å². The Kier molecular flexibility index (Phi) is 5.46. The maximum Gasteiger partial charge on any atom is 0.354 e. The van der Waals surface area contributed by atoms with Gasteiger partial charge in [-0.3, -0.25) is 0 Å². The van der Waals surface area contributed by atoms with Crippen LogP contribution >= 0.6 is 11.3 Å². The van der Waals surface area contributed by atoms with E-state index in [1.807, 2.05) is 0 Å². The number of rotatable bonds is 7. The van der Waals surface area contributed by atoms with Crippen molar-refractivity contribution < 1.29 is 14.3 Å². The first-order valence-corrected chi connectivity index (χ1v) is 9.36. The van der Waals surface area contributed by atoms with Gasteiger partial charge in [0.15, 0.2) is 5.13 Å². The third-order valence-electron chi connectivity index (χ3n) is 4.07. The van der Waals surface area contributed by atoms with Crippen LogP contribution in [-0.4, -0.2) is 34.1 Å². The predicted octanol–water partition coefficient (Wildman–Crippen LogP) is 4.36. The van der Waals surface area contributed by atoms with Crippen LogP contribution in [0.4, 0.5) is 9.52 Å². The van der Waals surface area contributed by atoms with Gasteiger partial charge in [-0.25, -0.2) is 19.2 Å². The molecule has 0 saturated carbocycles. The van der Waals surface area contributed by atoms with Gasteiger partial charge in [-0.15, -0.1) is 0 Å². The third kappa shape index (κ3) is 3.83. The fourth-order valence-corrected chi connectivity index (χ4v) is 4.00. The van der Waals surface area contributed by atoms with E-state index >= 15 is 0 Å². The number of aromatic nitrogens is 2. The second-order valence-corrected chi connectivity index (χ2v) is 6.99. The number of carboxylic acids is 1. The van der Waals surface area contributed by atoms with Gasteiger partial charge in [0.05, 0.1) is 10.2 Å². The highest BCUT2D eigenvalue weighted by Gasteiger charge is 2.15. The molecule has 2 aromatic heterocycles. The monoisotopic (exact) mass is 373 g/mol. The molecule has 136 valence electrons. The number of carboxylic acid groups (broad SMARTS) is 1. The molecule has 0 aliphatic heterocycles. The van der Waals surface area contributed by atoms with Gasteiger partial charge in [0.1, 0.15) is 11.5 Å². The second-order valence-electron chi connectivity index (χ2n) is 5.98. The Morgan fingerprint density at radius 1 is 1.27 bits per heavy atom. The van der Waals surface area contributed by atoms with Crippen LogP contribution in [0.2, 0.25) is 0 Å². The summed E-state index contributed by atoms with van der Waals surface area (Å²) in [6.07, 6.45) is 1.34. The molecule has 1 N–H and O–H groups in total. The van der Waals surface area contributed by atoms with Crippen LogP contribution in [0.1, 0.15) is 42.0 Å². The Bertz CT molecular complexity index is 942. The van der Waals surface area contributed by atoms with E-state index in [-0.39, 0.29) is 11.5 Å². The maximum absolute atomic E-state index is 14.1. The number of carbonyl (C=O) groups is 1. The summed E-state index contributed by atoms with van der Waals surface area (Å²) in [7, 11) is 0. The standard InChI is InChI=1S/C19H20FN3O2S/c1-3-8-23(4-2)19-22-17-12(9-13(20)11-16(17)26-19)10-14-6-5-7-15(21-14)18(24)25/h5-7,9,11H,3-4,8,10H2,1-2H3,(H,24,25). The molecule has 3 rings (SSSR count). The number of hydrogen-bond donors (Lipinski definition) is 1. The smallest absolute Gasteiger partial charge is 0.354 e. The molecule has 0 atom stereocenters. The van der Waals surface area contributed by atoms with Gasteiger partial charge in [0.25, 0.3) is 0 Å². The first-order valence-electron chi connectivity index (χ1n) is 8.55. The minimum Gasteiger partial charge on any atom is -0.477 e. The van der Waals surface area contributed by atoms with E-state index in [9.17, 15) is 9.18 Å². The number of anilines is 1. The van der Waals surface area contributed by atoms with Crippen LogP contribution in [0.3, 0.4) is 0 Å². The quantitative estimate of drug-likeness (QED) is 0.667. The molecule has 0 fully saturated rings. The molecule has 0 bridgehead atoms. The Labute approximate surface area is 155 Å². The van der Waals surface area contributed by atoms with E-state index in [0.717, 1.165) is 34.9 Å². The lowest BCUT2D eigenvalue weighted by Crippen LogP contribution is -2.23. The molecule has 0 amide bonds. The van der Waals surface area contributed by atoms with Crippen LogP contribution in [0.25, 0.3) is 10.2 Å². The number of fused-ring (bicyclic) bond motifs is 1.